The molecule has 0 fully saturated rings. The van der Waals surface area contributed by atoms with Crippen molar-refractivity contribution in [1.82, 2.24) is 0 Å². The fraction of sp³-hybridized carbons (Fsp3) is 0.476. The molecule has 1 aromatic rings. The van der Waals surface area contributed by atoms with Crippen molar-refractivity contribution in [2.75, 3.05) is 19.8 Å². The van der Waals surface area contributed by atoms with Crippen molar-refractivity contribution in [2.45, 2.75) is 39.0 Å². The maximum atomic E-state index is 12.1. The van der Waals surface area contributed by atoms with Gasteiger partial charge in [-0.2, -0.15) is 0 Å². The number of aliphatic hydroxyl groups excluding tert-OH is 2. The van der Waals surface area contributed by atoms with Crippen molar-refractivity contribution in [2.24, 2.45) is 5.92 Å². The van der Waals surface area contributed by atoms with E-state index in [1.54, 1.807) is 6.08 Å². The van der Waals surface area contributed by atoms with Gasteiger partial charge in [0.15, 0.2) is 0 Å². The third-order valence-corrected chi connectivity index (χ3v) is 4.68. The summed E-state index contributed by atoms with van der Waals surface area (Å²) in [6.07, 6.45) is 5.35. The molecule has 0 amide bonds. The number of esters is 1. The van der Waals surface area contributed by atoms with E-state index < -0.39 is 5.97 Å². The first-order valence-corrected chi connectivity index (χ1v) is 9.13. The Labute approximate surface area is 154 Å². The van der Waals surface area contributed by atoms with Crippen molar-refractivity contribution in [3.8, 4) is 5.75 Å². The maximum absolute atomic E-state index is 12.1. The van der Waals surface area contributed by atoms with E-state index in [2.05, 4.69) is 13.8 Å². The first-order valence-electron chi connectivity index (χ1n) is 9.13. The van der Waals surface area contributed by atoms with Crippen LogP contribution in [0.3, 0.4) is 0 Å². The zero-order valence-corrected chi connectivity index (χ0v) is 15.5. The Hall–Kier alpha value is -2.11. The van der Waals surface area contributed by atoms with Crippen LogP contribution in [0.15, 0.2) is 47.7 Å². The van der Waals surface area contributed by atoms with Crippen LogP contribution in [0.5, 0.6) is 5.75 Å². The van der Waals surface area contributed by atoms with Crippen molar-refractivity contribution in [1.29, 1.82) is 0 Å². The highest BCUT2D eigenvalue weighted by atomic mass is 16.5. The van der Waals surface area contributed by atoms with Gasteiger partial charge >= 0.3 is 5.97 Å². The Morgan fingerprint density at radius 1 is 1.27 bits per heavy atom. The Bertz CT molecular complexity index is 645. The van der Waals surface area contributed by atoms with E-state index in [1.165, 1.54) is 5.56 Å². The number of hydrogen-bond acceptors (Lipinski definition) is 5. The van der Waals surface area contributed by atoms with E-state index in [-0.39, 0.29) is 32.2 Å². The number of ether oxygens (including phenoxy) is 2. The zero-order chi connectivity index (χ0) is 18.9. The van der Waals surface area contributed by atoms with Crippen molar-refractivity contribution < 1.29 is 24.5 Å². The number of benzene rings is 1. The Morgan fingerprint density at radius 2 is 2.00 bits per heavy atom. The van der Waals surface area contributed by atoms with Gasteiger partial charge < -0.3 is 19.7 Å². The largest absolute Gasteiger partial charge is 0.493 e. The molecule has 0 saturated carbocycles. The first kappa shape index (κ1) is 20.2. The minimum absolute atomic E-state index is 0.0944. The van der Waals surface area contributed by atoms with Gasteiger partial charge in [0, 0.05) is 11.5 Å². The lowest BCUT2D eigenvalue weighted by atomic mass is 9.94. The van der Waals surface area contributed by atoms with Gasteiger partial charge in [0.25, 0.3) is 0 Å². The summed E-state index contributed by atoms with van der Waals surface area (Å²) in [5.41, 5.74) is 1.80. The third-order valence-electron chi connectivity index (χ3n) is 4.68. The van der Waals surface area contributed by atoms with E-state index in [0.717, 1.165) is 6.42 Å². The fourth-order valence-electron chi connectivity index (χ4n) is 2.82. The molecule has 0 spiro atoms. The smallest absolute Gasteiger partial charge is 0.314 e. The van der Waals surface area contributed by atoms with Gasteiger partial charge in [0.2, 0.25) is 0 Å². The summed E-state index contributed by atoms with van der Waals surface area (Å²) in [6, 6.07) is 7.90. The molecule has 1 aliphatic carbocycles. The molecule has 1 aliphatic rings. The van der Waals surface area contributed by atoms with Crippen LogP contribution in [0.4, 0.5) is 0 Å². The lowest BCUT2D eigenvalue weighted by Gasteiger charge is -2.22. The second-order valence-corrected chi connectivity index (χ2v) is 6.52. The van der Waals surface area contributed by atoms with E-state index in [4.69, 9.17) is 9.47 Å². The van der Waals surface area contributed by atoms with Crippen LogP contribution in [0.25, 0.3) is 0 Å². The molecule has 1 aromatic carbocycles. The normalized spacial score (nSPS) is 17.9. The first-order chi connectivity index (χ1) is 12.6. The fourth-order valence-corrected chi connectivity index (χ4v) is 2.82. The molecule has 0 bridgehead atoms. The molecule has 0 radical (unpaired) electrons. The van der Waals surface area contributed by atoms with E-state index in [0.29, 0.717) is 29.4 Å². The minimum Gasteiger partial charge on any atom is -0.493 e. The summed E-state index contributed by atoms with van der Waals surface area (Å²) in [4.78, 5) is 12.1. The molecule has 0 heterocycles. The van der Waals surface area contributed by atoms with E-state index in [9.17, 15) is 15.0 Å². The zero-order valence-electron chi connectivity index (χ0n) is 15.5. The predicted molar refractivity (Wildman–Crippen MR) is 99.8 cm³/mol. The molecule has 0 saturated heterocycles. The van der Waals surface area contributed by atoms with E-state index >= 15 is 0 Å². The summed E-state index contributed by atoms with van der Waals surface area (Å²) < 4.78 is 11.0. The molecular formula is C21H28O5. The molecule has 5 nitrogen and oxygen atoms in total. The molecule has 26 heavy (non-hydrogen) atoms. The summed E-state index contributed by atoms with van der Waals surface area (Å²) in [5, 5.41) is 18.8. The molecule has 5 heteroatoms. The highest BCUT2D eigenvalue weighted by molar-refractivity contribution is 5.71. The van der Waals surface area contributed by atoms with Gasteiger partial charge in [0.05, 0.1) is 26.2 Å². The van der Waals surface area contributed by atoms with Crippen LogP contribution in [0.2, 0.25) is 0 Å². The van der Waals surface area contributed by atoms with Crippen molar-refractivity contribution in [3.63, 3.8) is 0 Å². The molecule has 0 aliphatic heterocycles. The second kappa shape index (κ2) is 10.1. The summed E-state index contributed by atoms with van der Waals surface area (Å²) in [6.45, 7) is 4.19. The van der Waals surface area contributed by atoms with Crippen molar-refractivity contribution >= 4 is 5.97 Å². The van der Waals surface area contributed by atoms with Crippen LogP contribution in [-0.4, -0.2) is 36.0 Å². The van der Waals surface area contributed by atoms with Gasteiger partial charge in [-0.25, -0.2) is 0 Å². The average Bonchev–Trinajstić information content (AvgIpc) is 2.68. The molecule has 2 atom stereocenters. The summed E-state index contributed by atoms with van der Waals surface area (Å²) in [7, 11) is 0. The number of hydrogen-bond donors (Lipinski definition) is 2. The Kier molecular flexibility index (Phi) is 7.88. The molecule has 0 aromatic heterocycles. The van der Waals surface area contributed by atoms with Crippen LogP contribution in [-0.2, 0) is 9.53 Å². The lowest BCUT2D eigenvalue weighted by Crippen LogP contribution is -2.20. The lowest BCUT2D eigenvalue weighted by molar-refractivity contribution is -0.141. The number of carbonyl (C=O) groups excluding carboxylic acids is 1. The van der Waals surface area contributed by atoms with Gasteiger partial charge in [0.1, 0.15) is 11.5 Å². The van der Waals surface area contributed by atoms with Crippen LogP contribution in [0, 0.1) is 5.92 Å². The SMILES string of the molecule is CCC(C)c1ccc(OCCC(=O)OC2=C(CO)C=CCC2CO)cc1. The maximum Gasteiger partial charge on any atom is 0.314 e. The third kappa shape index (κ3) is 5.44. The van der Waals surface area contributed by atoms with Gasteiger partial charge in [-0.1, -0.05) is 38.1 Å². The topological polar surface area (TPSA) is 76.0 Å². The summed E-state index contributed by atoms with van der Waals surface area (Å²) in [5.74, 6) is 0.863. The quantitative estimate of drug-likeness (QED) is 0.661. The van der Waals surface area contributed by atoms with Crippen LogP contribution < -0.4 is 4.74 Å². The second-order valence-electron chi connectivity index (χ2n) is 6.52. The van der Waals surface area contributed by atoms with Crippen molar-refractivity contribution in [3.05, 3.63) is 53.3 Å². The monoisotopic (exact) mass is 360 g/mol. The molecule has 2 N–H and O–H groups in total. The highest BCUT2D eigenvalue weighted by Crippen LogP contribution is 2.26. The van der Waals surface area contributed by atoms with Gasteiger partial charge in [-0.05, 0) is 36.5 Å². The number of allylic oxidation sites excluding steroid dienone is 1. The average molecular weight is 360 g/mol. The standard InChI is InChI=1S/C21H28O5/c1-3-15(2)16-7-9-19(10-8-16)25-12-11-20(24)26-21-17(13-22)5-4-6-18(21)14-23/h4-5,7-10,15,18,22-23H,3,6,11-14H2,1-2H3. The molecule has 2 rings (SSSR count). The number of rotatable bonds is 9. The molecule has 142 valence electrons. The molecular weight excluding hydrogens is 332 g/mol. The van der Waals surface area contributed by atoms with E-state index in [1.807, 2.05) is 30.3 Å². The van der Waals surface area contributed by atoms with Gasteiger partial charge in [-0.3, -0.25) is 4.79 Å². The highest BCUT2D eigenvalue weighted by Gasteiger charge is 2.23. The number of aliphatic hydroxyl groups is 2. The van der Waals surface area contributed by atoms with Crippen LogP contribution in [0.1, 0.15) is 44.6 Å². The van der Waals surface area contributed by atoms with Crippen LogP contribution >= 0.6 is 0 Å². The predicted octanol–water partition coefficient (Wildman–Crippen LogP) is 3.33. The Morgan fingerprint density at radius 3 is 2.62 bits per heavy atom. The summed E-state index contributed by atoms with van der Waals surface area (Å²) >= 11 is 0. The van der Waals surface area contributed by atoms with Gasteiger partial charge in [-0.15, -0.1) is 0 Å². The molecule has 2 unspecified atom stereocenters. The number of carbonyl (C=O) groups is 1. The Balaban J connectivity index is 1.85. The minimum atomic E-state index is -0.434.